The van der Waals surface area contributed by atoms with Gasteiger partial charge in [-0.25, -0.2) is 18.8 Å². The van der Waals surface area contributed by atoms with E-state index in [9.17, 15) is 18.8 Å². The van der Waals surface area contributed by atoms with Gasteiger partial charge in [0.25, 0.3) is 0 Å². The molecule has 0 unspecified atom stereocenters. The van der Waals surface area contributed by atoms with Crippen LogP contribution in [0.25, 0.3) is 5.57 Å². The van der Waals surface area contributed by atoms with Crippen molar-refractivity contribution in [2.45, 2.75) is 40.5 Å². The van der Waals surface area contributed by atoms with Crippen molar-refractivity contribution in [1.29, 1.82) is 0 Å². The predicted molar refractivity (Wildman–Crippen MR) is 167 cm³/mol. The average Bonchev–Trinajstić information content (AvgIpc) is 3.00. The Morgan fingerprint density at radius 2 is 1.30 bits per heavy atom. The third-order valence-electron chi connectivity index (χ3n) is 5.82. The molecule has 2 rings (SSSR count). The van der Waals surface area contributed by atoms with Gasteiger partial charge in [0.2, 0.25) is 0 Å². The van der Waals surface area contributed by atoms with Gasteiger partial charge in [-0.3, -0.25) is 0 Å². The minimum atomic E-state index is -0.535. The third-order valence-corrected chi connectivity index (χ3v) is 5.82. The highest BCUT2D eigenvalue weighted by Gasteiger charge is 2.11. The molecule has 0 aliphatic rings. The van der Waals surface area contributed by atoms with Crippen LogP contribution < -0.4 is 14.2 Å². The van der Waals surface area contributed by atoms with Crippen molar-refractivity contribution in [3.63, 3.8) is 0 Å². The lowest BCUT2D eigenvalue weighted by Gasteiger charge is -2.14. The highest BCUT2D eigenvalue weighted by atomic mass is 19.1. The van der Waals surface area contributed by atoms with E-state index in [-0.39, 0.29) is 55.4 Å². The normalized spacial score (nSPS) is 11.3. The lowest BCUT2D eigenvalue weighted by atomic mass is 10.0. The minimum Gasteiger partial charge on any atom is -0.486 e. The first-order valence-corrected chi connectivity index (χ1v) is 14.0. The van der Waals surface area contributed by atoms with Crippen molar-refractivity contribution in [3.8, 4) is 17.2 Å². The van der Waals surface area contributed by atoms with E-state index in [0.29, 0.717) is 34.8 Å². The van der Waals surface area contributed by atoms with E-state index in [1.807, 2.05) is 12.1 Å². The molecular weight excluding hydrogens is 567 g/mol. The van der Waals surface area contributed by atoms with E-state index in [1.165, 1.54) is 0 Å². The van der Waals surface area contributed by atoms with E-state index in [1.54, 1.807) is 70.2 Å². The largest absolute Gasteiger partial charge is 0.486 e. The number of hydrogen-bond acceptors (Lipinski definition) is 8. The van der Waals surface area contributed by atoms with Crippen LogP contribution in [0.4, 0.5) is 4.39 Å². The molecule has 0 saturated heterocycles. The zero-order valence-corrected chi connectivity index (χ0v) is 25.7. The van der Waals surface area contributed by atoms with Gasteiger partial charge in [-0.05, 0) is 69.0 Å². The van der Waals surface area contributed by atoms with Crippen LogP contribution in [0.1, 0.15) is 45.2 Å². The summed E-state index contributed by atoms with van der Waals surface area (Å²) in [5.41, 5.74) is 2.72. The molecule has 0 saturated carbocycles. The quantitative estimate of drug-likeness (QED) is 0.0621. The summed E-state index contributed by atoms with van der Waals surface area (Å²) in [5, 5.41) is 0. The Balaban J connectivity index is 2.17. The molecule has 0 fully saturated rings. The topological polar surface area (TPSA) is 97.4 Å². The van der Waals surface area contributed by atoms with Crippen LogP contribution in [0.5, 0.6) is 17.2 Å². The number of hydrogen-bond donors (Lipinski definition) is 0. The van der Waals surface area contributed by atoms with Gasteiger partial charge in [0, 0.05) is 22.3 Å². The first-order chi connectivity index (χ1) is 20.9. The van der Waals surface area contributed by atoms with E-state index in [0.717, 1.165) is 5.56 Å². The van der Waals surface area contributed by atoms with Gasteiger partial charge in [-0.2, -0.15) is 0 Å². The van der Waals surface area contributed by atoms with Crippen molar-refractivity contribution in [1.82, 2.24) is 0 Å². The molecule has 0 amide bonds. The molecule has 0 radical (unpaired) electrons. The molecular formula is C35H39FO8. The number of allylic oxidation sites excluding steroid dienone is 4. The average molecular weight is 607 g/mol. The van der Waals surface area contributed by atoms with Crippen molar-refractivity contribution in [2.24, 2.45) is 0 Å². The molecule has 0 aromatic heterocycles. The number of rotatable bonds is 17. The van der Waals surface area contributed by atoms with Crippen LogP contribution in [-0.4, -0.2) is 44.3 Å². The molecule has 0 bridgehead atoms. The molecule has 0 spiro atoms. The molecule has 44 heavy (non-hydrogen) atoms. The lowest BCUT2D eigenvalue weighted by Crippen LogP contribution is -2.14. The van der Waals surface area contributed by atoms with Crippen molar-refractivity contribution >= 4 is 23.5 Å². The van der Waals surface area contributed by atoms with E-state index < -0.39 is 17.9 Å². The van der Waals surface area contributed by atoms with E-state index in [4.69, 9.17) is 23.7 Å². The molecule has 0 aliphatic heterocycles. The standard InChI is InChI=1S/C35H39FO8/c1-8-30(36)29(27-13-15-28(16-14-27)44-35(39)25(6)7)11-9-10-26-12-17-31(40-18-20-42-33(37)23(2)3)32(22-26)41-19-21-43-34(38)24(4)5/h9,11-17,22H,2,4,6,8,10,18-21H2,1,3,5,7H3/b11-9-,30-29-. The van der Waals surface area contributed by atoms with E-state index >= 15 is 0 Å². The first kappa shape index (κ1) is 35.3. The maximum Gasteiger partial charge on any atom is 0.338 e. The predicted octanol–water partition coefficient (Wildman–Crippen LogP) is 7.05. The number of benzene rings is 2. The molecule has 2 aromatic carbocycles. The van der Waals surface area contributed by atoms with Gasteiger partial charge in [0.05, 0.1) is 0 Å². The Hall–Kier alpha value is -4.92. The maximum absolute atomic E-state index is 14.9. The number of ether oxygens (including phenoxy) is 5. The van der Waals surface area contributed by atoms with Gasteiger partial charge < -0.3 is 23.7 Å². The monoisotopic (exact) mass is 606 g/mol. The van der Waals surface area contributed by atoms with Crippen LogP contribution in [-0.2, 0) is 30.3 Å². The second-order valence-corrected chi connectivity index (χ2v) is 9.78. The first-order valence-electron chi connectivity index (χ1n) is 14.0. The van der Waals surface area contributed by atoms with Gasteiger partial charge in [-0.1, -0.05) is 57.0 Å². The highest BCUT2D eigenvalue weighted by Crippen LogP contribution is 2.30. The van der Waals surface area contributed by atoms with Crippen LogP contribution >= 0.6 is 0 Å². The molecule has 8 nitrogen and oxygen atoms in total. The minimum absolute atomic E-state index is 0.00112. The van der Waals surface area contributed by atoms with Crippen molar-refractivity contribution < 1.29 is 42.5 Å². The molecule has 9 heteroatoms. The van der Waals surface area contributed by atoms with Gasteiger partial charge in [0.15, 0.2) is 11.5 Å². The Morgan fingerprint density at radius 1 is 0.750 bits per heavy atom. The molecule has 0 atom stereocenters. The summed E-state index contributed by atoms with van der Waals surface area (Å²) < 4.78 is 41.9. The highest BCUT2D eigenvalue weighted by molar-refractivity contribution is 5.89. The Bertz CT molecular complexity index is 1430. The Kier molecular flexibility index (Phi) is 14.4. The Labute approximate surface area is 258 Å². The number of carbonyl (C=O) groups is 3. The van der Waals surface area contributed by atoms with Gasteiger partial charge in [0.1, 0.15) is 38.0 Å². The van der Waals surface area contributed by atoms with Gasteiger partial charge in [-0.15, -0.1) is 0 Å². The summed E-state index contributed by atoms with van der Waals surface area (Å²) in [6.07, 6.45) is 4.16. The van der Waals surface area contributed by atoms with Gasteiger partial charge >= 0.3 is 17.9 Å². The molecule has 234 valence electrons. The molecule has 0 heterocycles. The summed E-state index contributed by atoms with van der Waals surface area (Å²) in [6, 6.07) is 11.9. The number of carbonyl (C=O) groups excluding carboxylic acids is 3. The zero-order chi connectivity index (χ0) is 32.6. The van der Waals surface area contributed by atoms with Crippen LogP contribution in [0.2, 0.25) is 0 Å². The zero-order valence-electron chi connectivity index (χ0n) is 25.7. The molecule has 0 aliphatic carbocycles. The summed E-state index contributed by atoms with van der Waals surface area (Å²) >= 11 is 0. The second kappa shape index (κ2) is 17.9. The fourth-order valence-electron chi connectivity index (χ4n) is 3.47. The summed E-state index contributed by atoms with van der Waals surface area (Å²) in [4.78, 5) is 35.1. The van der Waals surface area contributed by atoms with Crippen LogP contribution in [0.15, 0.2) is 96.9 Å². The molecule has 2 aromatic rings. The fourth-order valence-corrected chi connectivity index (χ4v) is 3.47. The fraction of sp³-hybridized carbons (Fsp3) is 0.286. The van der Waals surface area contributed by atoms with Crippen LogP contribution in [0, 0.1) is 0 Å². The summed E-state index contributed by atoms with van der Waals surface area (Å²) in [6.45, 7) is 17.2. The SMILES string of the molecule is C=C(C)C(=O)OCCOc1ccc(C/C=C\C(=C(\F)CC)c2ccc(OC(=O)C(=C)C)cc2)cc1OCCOC(=O)C(=C)C. The van der Waals surface area contributed by atoms with Crippen LogP contribution in [0.3, 0.4) is 0 Å². The Morgan fingerprint density at radius 3 is 1.82 bits per heavy atom. The summed E-state index contributed by atoms with van der Waals surface area (Å²) in [7, 11) is 0. The van der Waals surface area contributed by atoms with E-state index in [2.05, 4.69) is 19.7 Å². The smallest absolute Gasteiger partial charge is 0.338 e. The number of halogens is 1. The second-order valence-electron chi connectivity index (χ2n) is 9.78. The maximum atomic E-state index is 14.9. The summed E-state index contributed by atoms with van der Waals surface area (Å²) in [5.74, 6) is -0.732. The van der Waals surface area contributed by atoms with Crippen molar-refractivity contribution in [2.75, 3.05) is 26.4 Å². The van der Waals surface area contributed by atoms with Crippen molar-refractivity contribution in [3.05, 3.63) is 108 Å². The molecule has 0 N–H and O–H groups in total. The number of esters is 3. The third kappa shape index (κ3) is 11.8. The lowest BCUT2D eigenvalue weighted by molar-refractivity contribution is -0.140.